The topological polar surface area (TPSA) is 85.9 Å². The minimum Gasteiger partial charge on any atom is -0.444 e. The monoisotopic (exact) mass is 450 g/mol. The van der Waals surface area contributed by atoms with Gasteiger partial charge in [0.1, 0.15) is 5.60 Å². The van der Waals surface area contributed by atoms with Crippen molar-refractivity contribution in [2.24, 2.45) is 0 Å². The maximum absolute atomic E-state index is 12.9. The van der Waals surface area contributed by atoms with Crippen LogP contribution < -0.4 is 16.1 Å². The van der Waals surface area contributed by atoms with Crippen LogP contribution in [0.15, 0.2) is 11.4 Å². The number of ether oxygens (including phenoxy) is 1. The highest BCUT2D eigenvalue weighted by Crippen LogP contribution is 2.36. The molecule has 2 N–H and O–H groups in total. The SMILES string of the molecule is CC(C)(C)OC(=O)N[C@H]1CCCC[C@H]1NC(=O)c1cc(B2OC(C)(C)C(C)(C)O2)cs1. The minimum absolute atomic E-state index is 0.129. The zero-order valence-electron chi connectivity index (χ0n) is 19.7. The normalized spacial score (nSPS) is 25.2. The quantitative estimate of drug-likeness (QED) is 0.685. The summed E-state index contributed by atoms with van der Waals surface area (Å²) >= 11 is 1.37. The Hall–Kier alpha value is -1.58. The van der Waals surface area contributed by atoms with Gasteiger partial charge in [0.05, 0.1) is 22.1 Å². The molecule has 172 valence electrons. The van der Waals surface area contributed by atoms with E-state index in [9.17, 15) is 9.59 Å². The zero-order chi connectivity index (χ0) is 23.0. The molecular weight excluding hydrogens is 415 g/mol. The van der Waals surface area contributed by atoms with Crippen molar-refractivity contribution < 1.29 is 23.6 Å². The molecule has 31 heavy (non-hydrogen) atoms. The van der Waals surface area contributed by atoms with Crippen LogP contribution in [0.5, 0.6) is 0 Å². The molecule has 2 aliphatic rings. The molecule has 1 saturated carbocycles. The van der Waals surface area contributed by atoms with E-state index in [1.54, 1.807) is 0 Å². The number of rotatable bonds is 4. The van der Waals surface area contributed by atoms with Gasteiger partial charge in [-0.2, -0.15) is 0 Å². The maximum atomic E-state index is 12.9. The summed E-state index contributed by atoms with van der Waals surface area (Å²) in [6.45, 7) is 13.5. The molecule has 2 amide bonds. The molecule has 0 spiro atoms. The van der Waals surface area contributed by atoms with Crippen LogP contribution in [-0.4, -0.2) is 48.0 Å². The van der Waals surface area contributed by atoms with Crippen molar-refractivity contribution in [1.82, 2.24) is 10.6 Å². The largest absolute Gasteiger partial charge is 0.495 e. The van der Waals surface area contributed by atoms with Gasteiger partial charge in [0.25, 0.3) is 5.91 Å². The summed E-state index contributed by atoms with van der Waals surface area (Å²) < 4.78 is 17.6. The number of alkyl carbamates (subject to hydrolysis) is 1. The minimum atomic E-state index is -0.557. The second-order valence-electron chi connectivity index (χ2n) is 10.4. The van der Waals surface area contributed by atoms with Gasteiger partial charge < -0.3 is 24.7 Å². The van der Waals surface area contributed by atoms with E-state index in [1.165, 1.54) is 11.3 Å². The van der Waals surface area contributed by atoms with Crippen LogP contribution in [0, 0.1) is 0 Å². The van der Waals surface area contributed by atoms with Gasteiger partial charge in [-0.25, -0.2) is 4.79 Å². The molecule has 2 atom stereocenters. The maximum Gasteiger partial charge on any atom is 0.495 e. The lowest BCUT2D eigenvalue weighted by Gasteiger charge is -2.33. The van der Waals surface area contributed by atoms with E-state index in [1.807, 2.05) is 59.9 Å². The molecule has 2 fully saturated rings. The molecule has 2 heterocycles. The molecule has 1 aliphatic heterocycles. The molecule has 0 bridgehead atoms. The summed E-state index contributed by atoms with van der Waals surface area (Å²) in [5, 5.41) is 7.96. The molecule has 0 aromatic carbocycles. The first kappa shape index (κ1) is 24.1. The Labute approximate surface area is 189 Å². The fraction of sp³-hybridized carbons (Fsp3) is 0.727. The Balaban J connectivity index is 1.62. The second kappa shape index (κ2) is 8.75. The van der Waals surface area contributed by atoms with Crippen molar-refractivity contribution in [2.75, 3.05) is 0 Å². The van der Waals surface area contributed by atoms with Crippen LogP contribution in [0.25, 0.3) is 0 Å². The van der Waals surface area contributed by atoms with Crippen molar-refractivity contribution in [1.29, 1.82) is 0 Å². The summed E-state index contributed by atoms with van der Waals surface area (Å²) in [5.41, 5.74) is -0.561. The first-order valence-electron chi connectivity index (χ1n) is 11.0. The molecule has 1 aromatic heterocycles. The molecule has 7 nitrogen and oxygen atoms in total. The standard InChI is InChI=1S/C22H35BN2O5S/c1-20(2,3)28-19(27)25-16-11-9-8-10-15(16)24-18(26)17-12-14(13-31-17)23-29-21(4,5)22(6,7)30-23/h12-13,15-16H,8-11H2,1-7H3,(H,24,26)(H,25,27)/t15-,16+/m1/s1. The Morgan fingerprint density at radius 2 is 1.61 bits per heavy atom. The van der Waals surface area contributed by atoms with Crippen LogP contribution in [0.1, 0.15) is 83.8 Å². The van der Waals surface area contributed by atoms with E-state index in [-0.39, 0.29) is 18.0 Å². The van der Waals surface area contributed by atoms with Crippen LogP contribution >= 0.6 is 11.3 Å². The van der Waals surface area contributed by atoms with Gasteiger partial charge in [-0.15, -0.1) is 11.3 Å². The van der Waals surface area contributed by atoms with Crippen LogP contribution in [0.3, 0.4) is 0 Å². The molecule has 3 rings (SSSR count). The smallest absolute Gasteiger partial charge is 0.444 e. The van der Waals surface area contributed by atoms with E-state index < -0.39 is 30.0 Å². The molecule has 1 saturated heterocycles. The highest BCUT2D eigenvalue weighted by molar-refractivity contribution is 7.13. The number of hydrogen-bond donors (Lipinski definition) is 2. The third-order valence-electron chi connectivity index (χ3n) is 6.15. The molecule has 0 unspecified atom stereocenters. The molecule has 9 heteroatoms. The number of carbonyl (C=O) groups is 2. The van der Waals surface area contributed by atoms with Gasteiger partial charge in [0, 0.05) is 6.04 Å². The number of amides is 2. The summed E-state index contributed by atoms with van der Waals surface area (Å²) in [6.07, 6.45) is 3.21. The molecular formula is C22H35BN2O5S. The van der Waals surface area contributed by atoms with Crippen molar-refractivity contribution in [3.63, 3.8) is 0 Å². The van der Waals surface area contributed by atoms with Gasteiger partial charge in [0.15, 0.2) is 0 Å². The lowest BCUT2D eigenvalue weighted by molar-refractivity contribution is 0.00578. The van der Waals surface area contributed by atoms with Crippen molar-refractivity contribution in [2.45, 2.75) is 103 Å². The van der Waals surface area contributed by atoms with E-state index >= 15 is 0 Å². The molecule has 1 aromatic rings. The average molecular weight is 450 g/mol. The predicted octanol–water partition coefficient (Wildman–Crippen LogP) is 3.61. The van der Waals surface area contributed by atoms with E-state index in [0.717, 1.165) is 31.1 Å². The summed E-state index contributed by atoms with van der Waals surface area (Å²) in [6, 6.07) is 1.56. The lowest BCUT2D eigenvalue weighted by atomic mass is 9.81. The predicted molar refractivity (Wildman–Crippen MR) is 123 cm³/mol. The van der Waals surface area contributed by atoms with E-state index in [0.29, 0.717) is 4.88 Å². The lowest BCUT2D eigenvalue weighted by Crippen LogP contribution is -2.53. The van der Waals surface area contributed by atoms with Gasteiger partial charge in [0.2, 0.25) is 0 Å². The number of nitrogens with one attached hydrogen (secondary N) is 2. The second-order valence-corrected chi connectivity index (χ2v) is 11.4. The van der Waals surface area contributed by atoms with Gasteiger partial charge in [-0.1, -0.05) is 12.8 Å². The summed E-state index contributed by atoms with van der Waals surface area (Å²) in [4.78, 5) is 25.7. The summed E-state index contributed by atoms with van der Waals surface area (Å²) in [5.74, 6) is -0.143. The fourth-order valence-corrected chi connectivity index (χ4v) is 4.56. The Morgan fingerprint density at radius 1 is 1.06 bits per heavy atom. The zero-order valence-corrected chi connectivity index (χ0v) is 20.5. The number of thiophene rings is 1. The first-order valence-corrected chi connectivity index (χ1v) is 11.9. The van der Waals surface area contributed by atoms with Gasteiger partial charge in [-0.05, 0) is 78.2 Å². The van der Waals surface area contributed by atoms with Crippen LogP contribution in [0.4, 0.5) is 4.79 Å². The van der Waals surface area contributed by atoms with Crippen molar-refractivity contribution in [3.8, 4) is 0 Å². The summed E-state index contributed by atoms with van der Waals surface area (Å²) in [7, 11) is -0.487. The van der Waals surface area contributed by atoms with Crippen molar-refractivity contribution >= 4 is 35.9 Å². The van der Waals surface area contributed by atoms with Gasteiger partial charge in [-0.3, -0.25) is 4.79 Å². The fourth-order valence-electron chi connectivity index (χ4n) is 3.75. The molecule has 0 radical (unpaired) electrons. The highest BCUT2D eigenvalue weighted by Gasteiger charge is 2.52. The Kier molecular flexibility index (Phi) is 6.80. The van der Waals surface area contributed by atoms with Crippen molar-refractivity contribution in [3.05, 3.63) is 16.3 Å². The number of carbonyl (C=O) groups excluding carboxylic acids is 2. The highest BCUT2D eigenvalue weighted by atomic mass is 32.1. The number of hydrogen-bond acceptors (Lipinski definition) is 6. The third kappa shape index (κ3) is 5.81. The average Bonchev–Trinajstić information content (AvgIpc) is 3.18. The van der Waals surface area contributed by atoms with E-state index in [2.05, 4.69) is 10.6 Å². The van der Waals surface area contributed by atoms with Crippen LogP contribution in [-0.2, 0) is 14.0 Å². The van der Waals surface area contributed by atoms with Gasteiger partial charge >= 0.3 is 13.2 Å². The molecule has 1 aliphatic carbocycles. The Morgan fingerprint density at radius 3 is 2.16 bits per heavy atom. The van der Waals surface area contributed by atoms with E-state index in [4.69, 9.17) is 14.0 Å². The Bertz CT molecular complexity index is 801. The third-order valence-corrected chi connectivity index (χ3v) is 7.10. The first-order chi connectivity index (χ1) is 14.3. The van der Waals surface area contributed by atoms with Crippen LogP contribution in [0.2, 0.25) is 0 Å².